The lowest BCUT2D eigenvalue weighted by atomic mass is 9.89. The summed E-state index contributed by atoms with van der Waals surface area (Å²) < 4.78 is 18.3. The molecule has 0 unspecified atom stereocenters. The molecule has 334 valence electrons. The van der Waals surface area contributed by atoms with Gasteiger partial charge in [-0.05, 0) is 65.2 Å². The van der Waals surface area contributed by atoms with Crippen LogP contribution in [0.4, 0.5) is 5.69 Å². The third kappa shape index (κ3) is 9.57. The van der Waals surface area contributed by atoms with Gasteiger partial charge in [0.25, 0.3) is 0 Å². The fourth-order valence-electron chi connectivity index (χ4n) is 8.05. The van der Waals surface area contributed by atoms with E-state index in [2.05, 4.69) is 9.97 Å². The van der Waals surface area contributed by atoms with Gasteiger partial charge in [0.15, 0.2) is 5.43 Å². The Hall–Kier alpha value is -8.41. The van der Waals surface area contributed by atoms with Gasteiger partial charge < -0.3 is 44.3 Å². The maximum atomic E-state index is 14.0. The third-order valence-electron chi connectivity index (χ3n) is 10.8. The fourth-order valence-corrected chi connectivity index (χ4v) is 8.05. The summed E-state index contributed by atoms with van der Waals surface area (Å²) in [7, 11) is 0. The number of fused-ring (bicyclic) bond motifs is 4. The summed E-state index contributed by atoms with van der Waals surface area (Å²) >= 11 is 0. The van der Waals surface area contributed by atoms with Crippen LogP contribution in [0.15, 0.2) is 125 Å². The van der Waals surface area contributed by atoms with Gasteiger partial charge in [-0.15, -0.1) is 0 Å². The average molecular weight is 893 g/mol. The first-order valence-electron chi connectivity index (χ1n) is 20.5. The number of pyridine rings is 2. The molecule has 3 heterocycles. The van der Waals surface area contributed by atoms with Crippen molar-refractivity contribution in [2.24, 2.45) is 0 Å². The molecule has 8 rings (SSSR count). The van der Waals surface area contributed by atoms with Crippen molar-refractivity contribution in [3.05, 3.63) is 126 Å². The minimum atomic E-state index is -1.30. The van der Waals surface area contributed by atoms with E-state index in [0.717, 1.165) is 15.7 Å². The summed E-state index contributed by atoms with van der Waals surface area (Å²) in [4.78, 5) is 72.0. The molecular weight excluding hydrogens is 853 g/mol. The highest BCUT2D eigenvalue weighted by molar-refractivity contribution is 6.08. The van der Waals surface area contributed by atoms with Crippen molar-refractivity contribution in [2.45, 2.75) is 0 Å². The first kappa shape index (κ1) is 44.2. The van der Waals surface area contributed by atoms with E-state index in [1.54, 1.807) is 48.8 Å². The van der Waals surface area contributed by atoms with Crippen LogP contribution >= 0.6 is 0 Å². The predicted molar refractivity (Wildman–Crippen MR) is 243 cm³/mol. The number of hydrogen-bond donors (Lipinski definition) is 5. The van der Waals surface area contributed by atoms with Crippen molar-refractivity contribution in [1.82, 2.24) is 14.9 Å². The number of aliphatic carboxylic acids is 4. The summed E-state index contributed by atoms with van der Waals surface area (Å²) in [6.07, 6.45) is 3.26. The molecule has 17 nitrogen and oxygen atoms in total. The fraction of sp³-hybridized carbons (Fsp3) is 0.163. The second kappa shape index (κ2) is 19.1. The molecule has 17 heteroatoms. The van der Waals surface area contributed by atoms with Crippen LogP contribution in [0.3, 0.4) is 0 Å². The van der Waals surface area contributed by atoms with Crippen molar-refractivity contribution in [2.75, 3.05) is 57.4 Å². The lowest BCUT2D eigenvalue weighted by Gasteiger charge is -2.25. The second-order valence-corrected chi connectivity index (χ2v) is 15.2. The molecule has 0 fully saturated rings. The van der Waals surface area contributed by atoms with Gasteiger partial charge in [-0.25, -0.2) is 0 Å². The molecule has 2 aliphatic rings. The van der Waals surface area contributed by atoms with Gasteiger partial charge >= 0.3 is 23.9 Å². The molecule has 0 saturated heterocycles. The standard InChI is InChI=1S/C49H40N4O13/c54-40-22-42-35(20-33(40)29-11-13-50-37-7-3-1-5-31(29)37)49(36-21-34(41(55)23-43(36)66-42)30-12-14-51-38-8-4-2-6-32(30)38)28-9-10-39(53(26-47(60)61)27-48(62)63)44(19-28)65-18-17-64-16-15-52(24-45(56)57)25-46(58)59/h1-14,19-23,54H,15-18,24-27H2,(H,56,57)(H,58,59)(H,60,61)(H,62,63). The zero-order chi connectivity index (χ0) is 46.5. The molecule has 0 amide bonds. The molecule has 2 aromatic heterocycles. The minimum absolute atomic E-state index is 0.0152. The second-order valence-electron chi connectivity index (χ2n) is 15.2. The smallest absolute Gasteiger partial charge is 0.323 e. The maximum absolute atomic E-state index is 14.0. The van der Waals surface area contributed by atoms with Crippen LogP contribution in [-0.4, -0.2) is 117 Å². The Morgan fingerprint density at radius 1 is 0.591 bits per heavy atom. The highest BCUT2D eigenvalue weighted by atomic mass is 16.5. The number of phenolic OH excluding ortho intramolecular Hbond substituents is 1. The molecule has 0 spiro atoms. The van der Waals surface area contributed by atoms with Crippen molar-refractivity contribution in [3.63, 3.8) is 0 Å². The molecule has 0 bridgehead atoms. The number of aromatic hydroxyl groups is 1. The number of nitrogens with zero attached hydrogens (tertiary/aromatic N) is 4. The van der Waals surface area contributed by atoms with Gasteiger partial charge in [0.2, 0.25) is 0 Å². The van der Waals surface area contributed by atoms with Gasteiger partial charge in [-0.3, -0.25) is 38.8 Å². The number of phenols is 1. The molecule has 0 radical (unpaired) electrons. The van der Waals surface area contributed by atoms with E-state index >= 15 is 0 Å². The number of carbonyl (C=O) groups is 4. The number of carboxylic acid groups (broad SMARTS) is 4. The van der Waals surface area contributed by atoms with Gasteiger partial charge in [-0.1, -0.05) is 42.5 Å². The Kier molecular flexibility index (Phi) is 12.8. The number of para-hydroxylation sites is 2. The number of ether oxygens (including phenoxy) is 2. The molecule has 66 heavy (non-hydrogen) atoms. The largest absolute Gasteiger partial charge is 0.507 e. The SMILES string of the molecule is O=C(O)CN(CCOCCOc1cc(-c2c3cc(-c4ccnc5ccccc45)c(=O)cc-3oc3cc(O)c(-c4ccnc5ccccc45)cc23)ccc1N(CC(=O)O)CC(=O)O)CC(=O)O. The van der Waals surface area contributed by atoms with Crippen LogP contribution in [0.1, 0.15) is 0 Å². The van der Waals surface area contributed by atoms with E-state index in [-0.39, 0.29) is 60.3 Å². The lowest BCUT2D eigenvalue weighted by Crippen LogP contribution is -2.37. The van der Waals surface area contributed by atoms with Gasteiger partial charge in [0.1, 0.15) is 42.5 Å². The van der Waals surface area contributed by atoms with Crippen LogP contribution in [-0.2, 0) is 23.9 Å². The first-order valence-corrected chi connectivity index (χ1v) is 20.5. The van der Waals surface area contributed by atoms with Crippen LogP contribution < -0.4 is 15.1 Å². The topological polar surface area (TPSA) is 250 Å². The molecule has 5 N–H and O–H groups in total. The highest BCUT2D eigenvalue weighted by Gasteiger charge is 2.26. The molecule has 0 saturated carbocycles. The third-order valence-corrected chi connectivity index (χ3v) is 10.8. The number of benzene rings is 5. The summed E-state index contributed by atoms with van der Waals surface area (Å²) in [5.41, 5.74) is 4.95. The van der Waals surface area contributed by atoms with Gasteiger partial charge in [0.05, 0.1) is 43.0 Å². The predicted octanol–water partition coefficient (Wildman–Crippen LogP) is 6.54. The molecule has 1 aliphatic heterocycles. The van der Waals surface area contributed by atoms with Crippen LogP contribution in [0.2, 0.25) is 0 Å². The Bertz CT molecular complexity index is 3160. The Morgan fingerprint density at radius 2 is 1.20 bits per heavy atom. The Morgan fingerprint density at radius 3 is 1.82 bits per heavy atom. The molecule has 0 atom stereocenters. The number of carboxylic acids is 4. The van der Waals surface area contributed by atoms with Crippen molar-refractivity contribution >= 4 is 62.3 Å². The first-order chi connectivity index (χ1) is 31.8. The summed E-state index contributed by atoms with van der Waals surface area (Å²) in [6, 6.07) is 29.6. The minimum Gasteiger partial charge on any atom is -0.507 e. The zero-order valence-corrected chi connectivity index (χ0v) is 34.9. The number of hydrogen-bond acceptors (Lipinski definition) is 13. The molecule has 6 aromatic rings. The Labute approximate surface area is 374 Å². The van der Waals surface area contributed by atoms with E-state index in [1.807, 2.05) is 48.5 Å². The summed E-state index contributed by atoms with van der Waals surface area (Å²) in [5, 5.41) is 51.7. The highest BCUT2D eigenvalue weighted by Crippen LogP contribution is 2.47. The van der Waals surface area contributed by atoms with Crippen LogP contribution in [0.5, 0.6) is 11.5 Å². The van der Waals surface area contributed by atoms with Crippen LogP contribution in [0.25, 0.3) is 77.5 Å². The van der Waals surface area contributed by atoms with Crippen molar-refractivity contribution in [1.29, 1.82) is 0 Å². The zero-order valence-electron chi connectivity index (χ0n) is 34.9. The Balaban J connectivity index is 1.30. The number of rotatable bonds is 19. The van der Waals surface area contributed by atoms with E-state index in [1.165, 1.54) is 23.1 Å². The van der Waals surface area contributed by atoms with Crippen LogP contribution in [0, 0.1) is 0 Å². The summed E-state index contributed by atoms with van der Waals surface area (Å²) in [6.45, 7) is -2.73. The monoisotopic (exact) mass is 892 g/mol. The van der Waals surface area contributed by atoms with E-state index in [4.69, 9.17) is 13.9 Å². The molecular formula is C49H40N4O13. The number of anilines is 1. The van der Waals surface area contributed by atoms with Gasteiger partial charge in [-0.2, -0.15) is 0 Å². The van der Waals surface area contributed by atoms with Gasteiger partial charge in [0, 0.05) is 69.5 Å². The average Bonchev–Trinajstić information content (AvgIpc) is 3.27. The number of aromatic nitrogens is 2. The molecule has 1 aliphatic carbocycles. The van der Waals surface area contributed by atoms with Crippen molar-refractivity contribution in [3.8, 4) is 56.2 Å². The van der Waals surface area contributed by atoms with E-state index in [9.17, 15) is 49.5 Å². The normalized spacial score (nSPS) is 11.4. The van der Waals surface area contributed by atoms with Crippen molar-refractivity contribution < 1.29 is 58.6 Å². The quantitative estimate of drug-likeness (QED) is 0.0427. The lowest BCUT2D eigenvalue weighted by molar-refractivity contribution is -0.142. The molecule has 4 aromatic carbocycles. The summed E-state index contributed by atoms with van der Waals surface area (Å²) in [5.74, 6) is -4.87. The van der Waals surface area contributed by atoms with E-state index in [0.29, 0.717) is 55.4 Å². The van der Waals surface area contributed by atoms with E-state index < -0.39 is 50.1 Å². The maximum Gasteiger partial charge on any atom is 0.323 e.